The monoisotopic (exact) mass is 378 g/mol. The molecule has 0 N–H and O–H groups in total. The van der Waals surface area contributed by atoms with Crippen molar-refractivity contribution in [3.8, 4) is 23.3 Å². The number of methoxy groups -OCH3 is 1. The van der Waals surface area contributed by atoms with Gasteiger partial charge in [0, 0.05) is 11.1 Å². The summed E-state index contributed by atoms with van der Waals surface area (Å²) in [4.78, 5) is 0. The number of hydrogen-bond acceptors (Lipinski definition) is 2. The zero-order valence-corrected chi connectivity index (χ0v) is 13.6. The molecule has 2 rings (SSSR count). The Labute approximate surface area is 133 Å². The van der Waals surface area contributed by atoms with Crippen molar-refractivity contribution in [3.05, 3.63) is 57.2 Å². The molecule has 0 unspecified atom stereocenters. The summed E-state index contributed by atoms with van der Waals surface area (Å²) in [6, 6.07) is 13.8. The highest BCUT2D eigenvalue weighted by molar-refractivity contribution is 14.1. The third-order valence-corrected chi connectivity index (χ3v) is 3.68. The van der Waals surface area contributed by atoms with Gasteiger partial charge < -0.3 is 9.47 Å². The Morgan fingerprint density at radius 3 is 2.65 bits per heavy atom. The van der Waals surface area contributed by atoms with E-state index in [9.17, 15) is 0 Å². The van der Waals surface area contributed by atoms with Crippen LogP contribution in [0, 0.1) is 15.4 Å². The Balaban J connectivity index is 2.23. The Kier molecular flexibility index (Phi) is 5.31. The fraction of sp³-hybridized carbons (Fsp3) is 0.176. The third kappa shape index (κ3) is 3.67. The van der Waals surface area contributed by atoms with Gasteiger partial charge in [0.2, 0.25) is 0 Å². The van der Waals surface area contributed by atoms with Gasteiger partial charge in [-0.05, 0) is 59.8 Å². The summed E-state index contributed by atoms with van der Waals surface area (Å²) in [5, 5.41) is 0. The lowest BCUT2D eigenvalue weighted by molar-refractivity contribution is 0.302. The molecule has 0 aliphatic heterocycles. The zero-order chi connectivity index (χ0) is 14.4. The summed E-state index contributed by atoms with van der Waals surface area (Å²) in [6.45, 7) is 2.30. The molecule has 0 radical (unpaired) electrons. The smallest absolute Gasteiger partial charge is 0.133 e. The van der Waals surface area contributed by atoms with Crippen LogP contribution in [-0.2, 0) is 6.61 Å². The van der Waals surface area contributed by atoms with Gasteiger partial charge in [0.05, 0.1) is 10.7 Å². The Bertz CT molecular complexity index is 654. The van der Waals surface area contributed by atoms with Gasteiger partial charge in [-0.1, -0.05) is 18.1 Å². The largest absolute Gasteiger partial charge is 0.497 e. The minimum absolute atomic E-state index is 0.473. The van der Waals surface area contributed by atoms with E-state index in [0.717, 1.165) is 26.2 Å². The molecule has 0 aromatic heterocycles. The summed E-state index contributed by atoms with van der Waals surface area (Å²) >= 11 is 2.26. The first-order chi connectivity index (χ1) is 9.74. The lowest BCUT2D eigenvalue weighted by Gasteiger charge is -2.11. The van der Waals surface area contributed by atoms with Gasteiger partial charge in [0.15, 0.2) is 0 Å². The van der Waals surface area contributed by atoms with Crippen molar-refractivity contribution >= 4 is 22.6 Å². The Morgan fingerprint density at radius 2 is 1.95 bits per heavy atom. The molecule has 3 heteroatoms. The van der Waals surface area contributed by atoms with Gasteiger partial charge in [0.1, 0.15) is 18.1 Å². The van der Waals surface area contributed by atoms with Crippen LogP contribution in [0.15, 0.2) is 42.5 Å². The van der Waals surface area contributed by atoms with Gasteiger partial charge in [-0.15, -0.1) is 5.92 Å². The molecular weight excluding hydrogens is 363 g/mol. The molecule has 0 bridgehead atoms. The number of ether oxygens (including phenoxy) is 2. The minimum Gasteiger partial charge on any atom is -0.497 e. The number of halogens is 1. The van der Waals surface area contributed by atoms with E-state index in [2.05, 4.69) is 34.4 Å². The van der Waals surface area contributed by atoms with E-state index in [1.165, 1.54) is 0 Å². The molecule has 20 heavy (non-hydrogen) atoms. The van der Waals surface area contributed by atoms with Crippen molar-refractivity contribution in [2.75, 3.05) is 7.11 Å². The van der Waals surface area contributed by atoms with Crippen molar-refractivity contribution in [1.29, 1.82) is 0 Å². The average Bonchev–Trinajstić information content (AvgIpc) is 2.48. The van der Waals surface area contributed by atoms with E-state index >= 15 is 0 Å². The van der Waals surface area contributed by atoms with Gasteiger partial charge in [-0.3, -0.25) is 0 Å². The maximum Gasteiger partial charge on any atom is 0.133 e. The lowest BCUT2D eigenvalue weighted by atomic mass is 10.1. The Hall–Kier alpha value is -1.67. The van der Waals surface area contributed by atoms with Crippen LogP contribution in [0.1, 0.15) is 18.1 Å². The number of benzene rings is 2. The van der Waals surface area contributed by atoms with Gasteiger partial charge in [-0.25, -0.2) is 0 Å². The predicted molar refractivity (Wildman–Crippen MR) is 89.0 cm³/mol. The second kappa shape index (κ2) is 7.20. The standard InChI is InChI=1S/C17H15IO2/c1-3-6-13-9-10-15(19-2)11-14(13)12-20-17-8-5-4-7-16(17)18/h4-5,7-11H,12H2,1-2H3. The van der Waals surface area contributed by atoms with E-state index < -0.39 is 0 Å². The summed E-state index contributed by atoms with van der Waals surface area (Å²) < 4.78 is 12.2. The molecule has 0 aliphatic carbocycles. The predicted octanol–water partition coefficient (Wildman–Crippen LogP) is 4.25. The Morgan fingerprint density at radius 1 is 1.15 bits per heavy atom. The maximum absolute atomic E-state index is 5.88. The second-order valence-electron chi connectivity index (χ2n) is 4.12. The van der Waals surface area contributed by atoms with Crippen LogP contribution in [-0.4, -0.2) is 7.11 Å². The van der Waals surface area contributed by atoms with Crippen molar-refractivity contribution in [2.24, 2.45) is 0 Å². The molecule has 2 aromatic rings. The molecule has 0 saturated heterocycles. The van der Waals surface area contributed by atoms with Crippen molar-refractivity contribution in [1.82, 2.24) is 0 Å². The molecule has 0 spiro atoms. The van der Waals surface area contributed by atoms with Gasteiger partial charge in [0.25, 0.3) is 0 Å². The summed E-state index contributed by atoms with van der Waals surface area (Å²) in [5.41, 5.74) is 2.00. The quantitative estimate of drug-likeness (QED) is 0.585. The van der Waals surface area contributed by atoms with Crippen LogP contribution in [0.2, 0.25) is 0 Å². The first-order valence-corrected chi connectivity index (χ1v) is 7.29. The van der Waals surface area contributed by atoms with Crippen molar-refractivity contribution in [3.63, 3.8) is 0 Å². The average molecular weight is 378 g/mol. The van der Waals surface area contributed by atoms with Crippen LogP contribution in [0.4, 0.5) is 0 Å². The van der Waals surface area contributed by atoms with Crippen LogP contribution in [0.3, 0.4) is 0 Å². The summed E-state index contributed by atoms with van der Waals surface area (Å²) in [7, 11) is 1.66. The number of hydrogen-bond donors (Lipinski definition) is 0. The van der Waals surface area contributed by atoms with E-state index in [0.29, 0.717) is 6.61 Å². The van der Waals surface area contributed by atoms with E-state index in [4.69, 9.17) is 9.47 Å². The first kappa shape index (κ1) is 14.7. The van der Waals surface area contributed by atoms with E-state index in [1.807, 2.05) is 49.4 Å². The lowest BCUT2D eigenvalue weighted by Crippen LogP contribution is -2.00. The van der Waals surface area contributed by atoms with Crippen molar-refractivity contribution in [2.45, 2.75) is 13.5 Å². The molecule has 102 valence electrons. The normalized spacial score (nSPS) is 9.55. The SMILES string of the molecule is CC#Cc1ccc(OC)cc1COc1ccccc1I. The topological polar surface area (TPSA) is 18.5 Å². The number of rotatable bonds is 4. The van der Waals surface area contributed by atoms with Gasteiger partial charge in [-0.2, -0.15) is 0 Å². The molecule has 0 amide bonds. The van der Waals surface area contributed by atoms with Crippen LogP contribution in [0.5, 0.6) is 11.5 Å². The molecular formula is C17H15IO2. The summed E-state index contributed by atoms with van der Waals surface area (Å²) in [5.74, 6) is 7.71. The molecule has 0 heterocycles. The molecule has 2 nitrogen and oxygen atoms in total. The number of para-hydroxylation sites is 1. The fourth-order valence-electron chi connectivity index (χ4n) is 1.79. The zero-order valence-electron chi connectivity index (χ0n) is 11.4. The highest BCUT2D eigenvalue weighted by atomic mass is 127. The van der Waals surface area contributed by atoms with Crippen LogP contribution < -0.4 is 9.47 Å². The first-order valence-electron chi connectivity index (χ1n) is 6.21. The highest BCUT2D eigenvalue weighted by Crippen LogP contribution is 2.23. The van der Waals surface area contributed by atoms with Crippen LogP contribution in [0.25, 0.3) is 0 Å². The van der Waals surface area contributed by atoms with Crippen molar-refractivity contribution < 1.29 is 9.47 Å². The third-order valence-electron chi connectivity index (χ3n) is 2.79. The van der Waals surface area contributed by atoms with E-state index in [1.54, 1.807) is 7.11 Å². The summed E-state index contributed by atoms with van der Waals surface area (Å²) in [6.07, 6.45) is 0. The molecule has 0 atom stereocenters. The second-order valence-corrected chi connectivity index (χ2v) is 5.28. The maximum atomic E-state index is 5.88. The molecule has 0 fully saturated rings. The minimum atomic E-state index is 0.473. The molecule has 0 aliphatic rings. The van der Waals surface area contributed by atoms with E-state index in [-0.39, 0.29) is 0 Å². The molecule has 2 aromatic carbocycles. The van der Waals surface area contributed by atoms with Gasteiger partial charge >= 0.3 is 0 Å². The fourth-order valence-corrected chi connectivity index (χ4v) is 2.33. The molecule has 0 saturated carbocycles. The van der Waals surface area contributed by atoms with Crippen LogP contribution >= 0.6 is 22.6 Å². The highest BCUT2D eigenvalue weighted by Gasteiger charge is 2.05.